The predicted molar refractivity (Wildman–Crippen MR) is 84.1 cm³/mol. The zero-order valence-electron chi connectivity index (χ0n) is 12.8. The number of hydrogen-bond acceptors (Lipinski definition) is 2. The van der Waals surface area contributed by atoms with Crippen molar-refractivity contribution in [1.82, 2.24) is 4.90 Å². The van der Waals surface area contributed by atoms with Crippen LogP contribution in [0.4, 0.5) is 0 Å². The van der Waals surface area contributed by atoms with E-state index in [-0.39, 0.29) is 0 Å². The van der Waals surface area contributed by atoms with E-state index in [1.807, 2.05) is 0 Å². The summed E-state index contributed by atoms with van der Waals surface area (Å²) in [5.74, 6) is 0.793. The van der Waals surface area contributed by atoms with Gasteiger partial charge >= 0.3 is 0 Å². The molecule has 1 aromatic rings. The molecule has 0 saturated heterocycles. The number of benzene rings is 1. The van der Waals surface area contributed by atoms with E-state index in [0.29, 0.717) is 6.04 Å². The maximum absolute atomic E-state index is 5.80. The molecule has 2 atom stereocenters. The Morgan fingerprint density at radius 3 is 2.32 bits per heavy atom. The standard InChI is InChI=1S/C17H30N2/c1-4-15(3)13-17(5-2)19(12-11-18)14-16-9-7-6-8-10-16/h6-10,15,17H,4-5,11-14,18H2,1-3H3. The summed E-state index contributed by atoms with van der Waals surface area (Å²) >= 11 is 0. The summed E-state index contributed by atoms with van der Waals surface area (Å²) in [7, 11) is 0. The molecule has 2 heteroatoms. The first-order valence-corrected chi connectivity index (χ1v) is 7.69. The zero-order chi connectivity index (χ0) is 14.1. The van der Waals surface area contributed by atoms with Gasteiger partial charge in [0.15, 0.2) is 0 Å². The van der Waals surface area contributed by atoms with E-state index in [4.69, 9.17) is 5.73 Å². The summed E-state index contributed by atoms with van der Waals surface area (Å²) in [5, 5.41) is 0. The van der Waals surface area contributed by atoms with Gasteiger partial charge in [-0.25, -0.2) is 0 Å². The Hall–Kier alpha value is -0.860. The number of hydrogen-bond donors (Lipinski definition) is 1. The number of rotatable bonds is 9. The molecule has 19 heavy (non-hydrogen) atoms. The van der Waals surface area contributed by atoms with Gasteiger partial charge in [0.25, 0.3) is 0 Å². The van der Waals surface area contributed by atoms with E-state index >= 15 is 0 Å². The Morgan fingerprint density at radius 1 is 1.11 bits per heavy atom. The van der Waals surface area contributed by atoms with Crippen molar-refractivity contribution >= 4 is 0 Å². The average molecular weight is 262 g/mol. The molecule has 0 aromatic heterocycles. The lowest BCUT2D eigenvalue weighted by molar-refractivity contribution is 0.161. The molecular weight excluding hydrogens is 232 g/mol. The molecule has 2 N–H and O–H groups in total. The molecule has 0 aliphatic heterocycles. The van der Waals surface area contributed by atoms with Gasteiger partial charge in [-0.3, -0.25) is 4.90 Å². The molecule has 0 aliphatic carbocycles. The summed E-state index contributed by atoms with van der Waals surface area (Å²) in [4.78, 5) is 2.56. The van der Waals surface area contributed by atoms with Gasteiger partial charge in [-0.2, -0.15) is 0 Å². The Balaban J connectivity index is 2.68. The second kappa shape index (κ2) is 9.11. The Kier molecular flexibility index (Phi) is 7.76. The van der Waals surface area contributed by atoms with Crippen molar-refractivity contribution in [2.45, 2.75) is 52.6 Å². The number of nitrogens with zero attached hydrogens (tertiary/aromatic N) is 1. The molecule has 0 aliphatic rings. The first kappa shape index (κ1) is 16.2. The van der Waals surface area contributed by atoms with Crippen LogP contribution in [0.25, 0.3) is 0 Å². The minimum Gasteiger partial charge on any atom is -0.329 e. The van der Waals surface area contributed by atoms with Gasteiger partial charge in [-0.05, 0) is 24.3 Å². The van der Waals surface area contributed by atoms with E-state index in [1.165, 1.54) is 24.8 Å². The van der Waals surface area contributed by atoms with Crippen LogP contribution in [0.3, 0.4) is 0 Å². The molecule has 0 bridgehead atoms. The van der Waals surface area contributed by atoms with Crippen molar-refractivity contribution in [2.24, 2.45) is 11.7 Å². The summed E-state index contributed by atoms with van der Waals surface area (Å²) in [6.07, 6.45) is 3.75. The lowest BCUT2D eigenvalue weighted by atomic mass is 9.96. The van der Waals surface area contributed by atoms with Gasteiger partial charge in [-0.15, -0.1) is 0 Å². The monoisotopic (exact) mass is 262 g/mol. The fourth-order valence-electron chi connectivity index (χ4n) is 2.58. The maximum atomic E-state index is 5.80. The van der Waals surface area contributed by atoms with E-state index in [0.717, 1.165) is 25.6 Å². The molecule has 0 fully saturated rings. The fraction of sp³-hybridized carbons (Fsp3) is 0.647. The van der Waals surface area contributed by atoms with Crippen molar-refractivity contribution in [3.63, 3.8) is 0 Å². The molecule has 0 spiro atoms. The van der Waals surface area contributed by atoms with Crippen LogP contribution in [0, 0.1) is 5.92 Å². The van der Waals surface area contributed by atoms with Crippen LogP contribution in [0.15, 0.2) is 30.3 Å². The zero-order valence-corrected chi connectivity index (χ0v) is 12.8. The van der Waals surface area contributed by atoms with Crippen molar-refractivity contribution in [3.05, 3.63) is 35.9 Å². The minimum atomic E-state index is 0.652. The highest BCUT2D eigenvalue weighted by atomic mass is 15.2. The van der Waals surface area contributed by atoms with Crippen LogP contribution < -0.4 is 5.73 Å². The van der Waals surface area contributed by atoms with Crippen molar-refractivity contribution in [2.75, 3.05) is 13.1 Å². The van der Waals surface area contributed by atoms with E-state index < -0.39 is 0 Å². The van der Waals surface area contributed by atoms with Crippen molar-refractivity contribution in [3.8, 4) is 0 Å². The third kappa shape index (κ3) is 5.75. The van der Waals surface area contributed by atoms with Gasteiger partial charge in [0.2, 0.25) is 0 Å². The topological polar surface area (TPSA) is 29.3 Å². The first-order valence-electron chi connectivity index (χ1n) is 7.69. The van der Waals surface area contributed by atoms with Gasteiger partial charge in [0.1, 0.15) is 0 Å². The highest BCUT2D eigenvalue weighted by Gasteiger charge is 2.18. The lowest BCUT2D eigenvalue weighted by Gasteiger charge is -2.32. The van der Waals surface area contributed by atoms with Crippen LogP contribution in [0.1, 0.15) is 45.6 Å². The molecular formula is C17H30N2. The fourth-order valence-corrected chi connectivity index (χ4v) is 2.58. The van der Waals surface area contributed by atoms with Crippen LogP contribution in [0.2, 0.25) is 0 Å². The molecule has 1 rings (SSSR count). The summed E-state index contributed by atoms with van der Waals surface area (Å²) < 4.78 is 0. The highest BCUT2D eigenvalue weighted by molar-refractivity contribution is 5.14. The van der Waals surface area contributed by atoms with Gasteiger partial charge in [0.05, 0.1) is 0 Å². The average Bonchev–Trinajstić information content (AvgIpc) is 2.45. The summed E-state index contributed by atoms with van der Waals surface area (Å²) in [6, 6.07) is 11.4. The third-order valence-corrected chi connectivity index (χ3v) is 4.00. The van der Waals surface area contributed by atoms with Crippen LogP contribution in [0.5, 0.6) is 0 Å². The third-order valence-electron chi connectivity index (χ3n) is 4.00. The lowest BCUT2D eigenvalue weighted by Crippen LogP contribution is -2.39. The Labute approximate surface area is 119 Å². The molecule has 0 radical (unpaired) electrons. The molecule has 0 heterocycles. The van der Waals surface area contributed by atoms with Crippen LogP contribution in [-0.4, -0.2) is 24.0 Å². The Morgan fingerprint density at radius 2 is 1.79 bits per heavy atom. The molecule has 1 aromatic carbocycles. The first-order chi connectivity index (χ1) is 9.21. The number of nitrogens with two attached hydrogens (primary N) is 1. The SMILES string of the molecule is CCC(C)CC(CC)N(CCN)Cc1ccccc1. The molecule has 2 nitrogen and oxygen atoms in total. The van der Waals surface area contributed by atoms with Crippen LogP contribution >= 0.6 is 0 Å². The molecule has 2 unspecified atom stereocenters. The summed E-state index contributed by atoms with van der Waals surface area (Å²) in [5.41, 5.74) is 7.18. The quantitative estimate of drug-likeness (QED) is 0.736. The van der Waals surface area contributed by atoms with Crippen LogP contribution in [-0.2, 0) is 6.54 Å². The van der Waals surface area contributed by atoms with Crippen molar-refractivity contribution < 1.29 is 0 Å². The smallest absolute Gasteiger partial charge is 0.0237 e. The minimum absolute atomic E-state index is 0.652. The predicted octanol–water partition coefficient (Wildman–Crippen LogP) is 3.66. The Bertz CT molecular complexity index is 323. The van der Waals surface area contributed by atoms with E-state index in [1.54, 1.807) is 0 Å². The second-order valence-electron chi connectivity index (χ2n) is 5.56. The maximum Gasteiger partial charge on any atom is 0.0237 e. The summed E-state index contributed by atoms with van der Waals surface area (Å²) in [6.45, 7) is 9.68. The van der Waals surface area contributed by atoms with Gasteiger partial charge < -0.3 is 5.73 Å². The molecule has 108 valence electrons. The second-order valence-corrected chi connectivity index (χ2v) is 5.56. The van der Waals surface area contributed by atoms with Gasteiger partial charge in [-0.1, -0.05) is 57.5 Å². The normalized spacial score (nSPS) is 14.6. The van der Waals surface area contributed by atoms with Gasteiger partial charge in [0, 0.05) is 25.7 Å². The molecule has 0 amide bonds. The largest absolute Gasteiger partial charge is 0.329 e. The van der Waals surface area contributed by atoms with E-state index in [9.17, 15) is 0 Å². The van der Waals surface area contributed by atoms with E-state index in [2.05, 4.69) is 56.0 Å². The highest BCUT2D eigenvalue weighted by Crippen LogP contribution is 2.19. The molecule has 0 saturated carbocycles. The van der Waals surface area contributed by atoms with Crippen molar-refractivity contribution in [1.29, 1.82) is 0 Å².